The predicted molar refractivity (Wildman–Crippen MR) is 148 cm³/mol. The van der Waals surface area contributed by atoms with E-state index in [1.807, 2.05) is 90.3 Å². The molecule has 6 heteroatoms. The monoisotopic (exact) mass is 505 g/mol. The molecule has 1 amide bonds. The first-order valence-electron chi connectivity index (χ1n) is 12.0. The molecule has 1 heterocycles. The Kier molecular flexibility index (Phi) is 7.40. The molecule has 0 spiro atoms. The van der Waals surface area contributed by atoms with Gasteiger partial charge in [0.1, 0.15) is 5.54 Å². The lowest BCUT2D eigenvalue weighted by Crippen LogP contribution is -2.38. The van der Waals surface area contributed by atoms with Gasteiger partial charge in [-0.2, -0.15) is 0 Å². The maximum atomic E-state index is 12.3. The number of anilines is 1. The van der Waals surface area contributed by atoms with E-state index in [2.05, 4.69) is 41.7 Å². The van der Waals surface area contributed by atoms with Crippen LogP contribution in [0.3, 0.4) is 0 Å². The van der Waals surface area contributed by atoms with Crippen LogP contribution in [0.1, 0.15) is 34.1 Å². The summed E-state index contributed by atoms with van der Waals surface area (Å²) in [5.41, 5.74) is 9.65. The standard InChI is InChI=1S/C31H27N3O2S/c32-29(35)28(36-21-23-13-5-1-6-14-23)27-22-37-30(33-27)34-31(24-15-7-2-8-16-24,25-17-9-3-10-18-25)26-19-11-4-12-20-26/h1-20,22,28H,21H2,(H2,32,35)(H,33,34). The van der Waals surface area contributed by atoms with Gasteiger partial charge in [0, 0.05) is 5.38 Å². The third kappa shape index (κ3) is 5.31. The van der Waals surface area contributed by atoms with Crippen molar-refractivity contribution in [1.29, 1.82) is 0 Å². The van der Waals surface area contributed by atoms with Crippen LogP contribution in [0.25, 0.3) is 0 Å². The Balaban J connectivity index is 1.54. The van der Waals surface area contributed by atoms with Crippen LogP contribution in [0.5, 0.6) is 0 Å². The van der Waals surface area contributed by atoms with Crippen LogP contribution in [0.15, 0.2) is 127 Å². The molecular formula is C31H27N3O2S. The van der Waals surface area contributed by atoms with Crippen molar-refractivity contribution in [2.24, 2.45) is 5.73 Å². The summed E-state index contributed by atoms with van der Waals surface area (Å²) in [7, 11) is 0. The molecule has 5 rings (SSSR count). The van der Waals surface area contributed by atoms with Gasteiger partial charge in [-0.1, -0.05) is 121 Å². The number of thiazole rings is 1. The smallest absolute Gasteiger partial charge is 0.252 e. The lowest BCUT2D eigenvalue weighted by Gasteiger charge is -2.36. The number of carbonyl (C=O) groups is 1. The summed E-state index contributed by atoms with van der Waals surface area (Å²) < 4.78 is 5.91. The van der Waals surface area contributed by atoms with Crippen LogP contribution in [0.2, 0.25) is 0 Å². The zero-order chi connectivity index (χ0) is 25.5. The predicted octanol–water partition coefficient (Wildman–Crippen LogP) is 6.29. The molecule has 0 fully saturated rings. The number of primary amides is 1. The molecule has 5 aromatic rings. The maximum absolute atomic E-state index is 12.3. The van der Waals surface area contributed by atoms with E-state index < -0.39 is 17.6 Å². The van der Waals surface area contributed by atoms with E-state index in [1.54, 1.807) is 0 Å². The summed E-state index contributed by atoms with van der Waals surface area (Å²) in [6.45, 7) is 0.261. The van der Waals surface area contributed by atoms with Crippen molar-refractivity contribution in [2.75, 3.05) is 5.32 Å². The Morgan fingerprint density at radius 3 is 1.70 bits per heavy atom. The number of ether oxygens (including phenoxy) is 1. The van der Waals surface area contributed by atoms with Gasteiger partial charge < -0.3 is 15.8 Å². The topological polar surface area (TPSA) is 77.2 Å². The van der Waals surface area contributed by atoms with Crippen molar-refractivity contribution in [3.05, 3.63) is 155 Å². The number of carbonyl (C=O) groups excluding carboxylic acids is 1. The molecule has 1 atom stereocenters. The summed E-state index contributed by atoms with van der Waals surface area (Å²) in [5.74, 6) is -0.576. The van der Waals surface area contributed by atoms with Gasteiger partial charge in [-0.25, -0.2) is 4.98 Å². The second-order valence-corrected chi connectivity index (χ2v) is 9.49. The third-order valence-electron chi connectivity index (χ3n) is 6.22. The van der Waals surface area contributed by atoms with Crippen LogP contribution in [0, 0.1) is 0 Å². The molecule has 1 unspecified atom stereocenters. The molecule has 3 N–H and O–H groups in total. The zero-order valence-corrected chi connectivity index (χ0v) is 21.0. The van der Waals surface area contributed by atoms with Crippen molar-refractivity contribution in [1.82, 2.24) is 4.98 Å². The number of amides is 1. The lowest BCUT2D eigenvalue weighted by molar-refractivity contribution is -0.131. The number of nitrogens with two attached hydrogens (primary N) is 1. The Hall–Kier alpha value is -4.26. The highest BCUT2D eigenvalue weighted by Gasteiger charge is 2.37. The molecule has 0 aliphatic carbocycles. The lowest BCUT2D eigenvalue weighted by atomic mass is 9.77. The first kappa shape index (κ1) is 24.4. The van der Waals surface area contributed by atoms with Crippen LogP contribution in [-0.2, 0) is 21.7 Å². The fraction of sp³-hybridized carbons (Fsp3) is 0.0968. The zero-order valence-electron chi connectivity index (χ0n) is 20.2. The van der Waals surface area contributed by atoms with E-state index in [-0.39, 0.29) is 6.61 Å². The minimum atomic E-state index is -0.952. The Labute approximate surface area is 220 Å². The number of rotatable bonds is 10. The third-order valence-corrected chi connectivity index (χ3v) is 7.00. The van der Waals surface area contributed by atoms with Gasteiger partial charge in [0.2, 0.25) is 0 Å². The summed E-state index contributed by atoms with van der Waals surface area (Å²) in [5, 5.41) is 6.21. The molecule has 0 aliphatic heterocycles. The van der Waals surface area contributed by atoms with E-state index in [0.29, 0.717) is 10.8 Å². The van der Waals surface area contributed by atoms with Gasteiger partial charge in [-0.3, -0.25) is 4.79 Å². The molecule has 1 aromatic heterocycles. The number of nitrogens with zero attached hydrogens (tertiary/aromatic N) is 1. The quantitative estimate of drug-likeness (QED) is 0.219. The van der Waals surface area contributed by atoms with Gasteiger partial charge in [0.15, 0.2) is 11.2 Å². The van der Waals surface area contributed by atoms with Crippen molar-refractivity contribution in [3.63, 3.8) is 0 Å². The minimum Gasteiger partial charge on any atom is -0.367 e. The number of benzene rings is 4. The molecule has 5 nitrogen and oxygen atoms in total. The molecule has 0 bridgehead atoms. The van der Waals surface area contributed by atoms with Crippen molar-refractivity contribution < 1.29 is 9.53 Å². The Morgan fingerprint density at radius 2 is 1.24 bits per heavy atom. The van der Waals surface area contributed by atoms with Crippen molar-refractivity contribution in [2.45, 2.75) is 18.2 Å². The number of aromatic nitrogens is 1. The minimum absolute atomic E-state index is 0.261. The summed E-state index contributed by atoms with van der Waals surface area (Å²) in [6, 6.07) is 40.6. The fourth-order valence-corrected chi connectivity index (χ4v) is 5.25. The van der Waals surface area contributed by atoms with Gasteiger partial charge in [0.05, 0.1) is 12.3 Å². The first-order valence-corrected chi connectivity index (χ1v) is 12.9. The SMILES string of the molecule is NC(=O)C(OCc1ccccc1)c1csc(NC(c2ccccc2)(c2ccccc2)c2ccccc2)n1. The largest absolute Gasteiger partial charge is 0.367 e. The Bertz CT molecular complexity index is 1330. The second-order valence-electron chi connectivity index (χ2n) is 8.63. The molecule has 0 radical (unpaired) electrons. The van der Waals surface area contributed by atoms with Crippen LogP contribution < -0.4 is 11.1 Å². The highest BCUT2D eigenvalue weighted by atomic mass is 32.1. The molecular weight excluding hydrogens is 478 g/mol. The number of nitrogens with one attached hydrogen (secondary N) is 1. The van der Waals surface area contributed by atoms with E-state index in [9.17, 15) is 4.79 Å². The number of hydrogen-bond acceptors (Lipinski definition) is 5. The van der Waals surface area contributed by atoms with Crippen molar-refractivity contribution >= 4 is 22.4 Å². The van der Waals surface area contributed by atoms with E-state index >= 15 is 0 Å². The molecule has 0 saturated heterocycles. The summed E-state index contributed by atoms with van der Waals surface area (Å²) in [6.07, 6.45) is -0.952. The van der Waals surface area contributed by atoms with Gasteiger partial charge in [-0.15, -0.1) is 11.3 Å². The van der Waals surface area contributed by atoms with Gasteiger partial charge in [0.25, 0.3) is 5.91 Å². The highest BCUT2D eigenvalue weighted by Crippen LogP contribution is 2.41. The summed E-state index contributed by atoms with van der Waals surface area (Å²) in [4.78, 5) is 17.1. The van der Waals surface area contributed by atoms with E-state index in [1.165, 1.54) is 11.3 Å². The average Bonchev–Trinajstić information content (AvgIpc) is 3.41. The van der Waals surface area contributed by atoms with Crippen LogP contribution in [0.4, 0.5) is 5.13 Å². The highest BCUT2D eigenvalue weighted by molar-refractivity contribution is 7.13. The molecule has 37 heavy (non-hydrogen) atoms. The van der Waals surface area contributed by atoms with Gasteiger partial charge >= 0.3 is 0 Å². The van der Waals surface area contributed by atoms with Crippen LogP contribution in [-0.4, -0.2) is 10.9 Å². The van der Waals surface area contributed by atoms with Gasteiger partial charge in [-0.05, 0) is 22.3 Å². The van der Waals surface area contributed by atoms with Crippen molar-refractivity contribution in [3.8, 4) is 0 Å². The number of hydrogen-bond donors (Lipinski definition) is 2. The Morgan fingerprint density at radius 1 is 0.784 bits per heavy atom. The van der Waals surface area contributed by atoms with E-state index in [4.69, 9.17) is 15.5 Å². The first-order chi connectivity index (χ1) is 18.2. The normalized spacial score (nSPS) is 12.1. The molecule has 0 saturated carbocycles. The summed E-state index contributed by atoms with van der Waals surface area (Å²) >= 11 is 1.42. The average molecular weight is 506 g/mol. The fourth-order valence-electron chi connectivity index (χ4n) is 4.47. The van der Waals surface area contributed by atoms with E-state index in [0.717, 1.165) is 22.3 Å². The second kappa shape index (κ2) is 11.2. The molecule has 0 aliphatic rings. The van der Waals surface area contributed by atoms with Crippen LogP contribution >= 0.6 is 11.3 Å². The maximum Gasteiger partial charge on any atom is 0.252 e. The molecule has 4 aromatic carbocycles. The molecule has 184 valence electrons.